The Balaban J connectivity index is 3.68. The van der Waals surface area contributed by atoms with E-state index < -0.39 is 21.2 Å². The van der Waals surface area contributed by atoms with Crippen LogP contribution < -0.4 is 10.5 Å². The van der Waals surface area contributed by atoms with Crippen molar-refractivity contribution in [2.45, 2.75) is 6.92 Å². The number of nitro groups is 2. The molecule has 16 heavy (non-hydrogen) atoms. The molecule has 0 saturated carbocycles. The fourth-order valence-corrected chi connectivity index (χ4v) is 1.31. The highest BCUT2D eigenvalue weighted by molar-refractivity contribution is 5.72. The molecular formula is C8H9N3O5. The maximum Gasteiger partial charge on any atom is 0.323 e. The van der Waals surface area contributed by atoms with Gasteiger partial charge in [0.25, 0.3) is 5.75 Å². The Morgan fingerprint density at radius 3 is 2.25 bits per heavy atom. The molecule has 1 aromatic rings. The first kappa shape index (κ1) is 11.7. The predicted molar refractivity (Wildman–Crippen MR) is 55.5 cm³/mol. The highest BCUT2D eigenvalue weighted by atomic mass is 16.6. The molecule has 1 aromatic carbocycles. The first-order chi connectivity index (χ1) is 7.40. The number of hydrogen-bond donors (Lipinski definition) is 1. The second-order valence-electron chi connectivity index (χ2n) is 3.01. The van der Waals surface area contributed by atoms with Crippen molar-refractivity contribution < 1.29 is 14.6 Å². The summed E-state index contributed by atoms with van der Waals surface area (Å²) in [5.41, 5.74) is 4.59. The highest BCUT2D eigenvalue weighted by Gasteiger charge is 2.30. The van der Waals surface area contributed by atoms with Crippen molar-refractivity contribution in [2.75, 3.05) is 12.8 Å². The number of anilines is 1. The smallest absolute Gasteiger partial charge is 0.323 e. The van der Waals surface area contributed by atoms with E-state index >= 15 is 0 Å². The summed E-state index contributed by atoms with van der Waals surface area (Å²) in [6.45, 7) is 1.40. The summed E-state index contributed by atoms with van der Waals surface area (Å²) in [5, 5.41) is 21.4. The minimum Gasteiger partial charge on any atom is -0.485 e. The molecule has 0 aromatic heterocycles. The molecule has 0 heterocycles. The van der Waals surface area contributed by atoms with Crippen molar-refractivity contribution in [3.8, 4) is 5.75 Å². The van der Waals surface area contributed by atoms with E-state index in [1.165, 1.54) is 6.92 Å². The van der Waals surface area contributed by atoms with Crippen LogP contribution in [0.3, 0.4) is 0 Å². The Kier molecular flexibility index (Phi) is 2.93. The van der Waals surface area contributed by atoms with Gasteiger partial charge in [-0.1, -0.05) is 0 Å². The largest absolute Gasteiger partial charge is 0.485 e. The van der Waals surface area contributed by atoms with Gasteiger partial charge < -0.3 is 10.5 Å². The van der Waals surface area contributed by atoms with Crippen molar-refractivity contribution >= 4 is 17.1 Å². The first-order valence-electron chi connectivity index (χ1n) is 4.16. The summed E-state index contributed by atoms with van der Waals surface area (Å²) < 4.78 is 4.70. The maximum absolute atomic E-state index is 10.8. The van der Waals surface area contributed by atoms with Crippen LogP contribution in [0.15, 0.2) is 6.07 Å². The van der Waals surface area contributed by atoms with Gasteiger partial charge in [0.1, 0.15) is 0 Å². The van der Waals surface area contributed by atoms with Crippen LogP contribution >= 0.6 is 0 Å². The number of hydrogen-bond acceptors (Lipinski definition) is 6. The Morgan fingerprint density at radius 2 is 1.88 bits per heavy atom. The fourth-order valence-electron chi connectivity index (χ4n) is 1.31. The van der Waals surface area contributed by atoms with Gasteiger partial charge in [-0.15, -0.1) is 0 Å². The van der Waals surface area contributed by atoms with Gasteiger partial charge >= 0.3 is 11.4 Å². The van der Waals surface area contributed by atoms with Gasteiger partial charge in [-0.25, -0.2) is 0 Å². The molecule has 0 radical (unpaired) electrons. The van der Waals surface area contributed by atoms with Crippen LogP contribution in [0.4, 0.5) is 17.1 Å². The first-order valence-corrected chi connectivity index (χ1v) is 4.16. The molecule has 0 amide bonds. The number of nitrogen functional groups attached to an aromatic ring is 1. The van der Waals surface area contributed by atoms with E-state index in [4.69, 9.17) is 10.5 Å². The molecule has 0 saturated heterocycles. The van der Waals surface area contributed by atoms with Crippen LogP contribution in [-0.2, 0) is 0 Å². The normalized spacial score (nSPS) is 9.88. The molecule has 0 bridgehead atoms. The Bertz CT molecular complexity index is 471. The van der Waals surface area contributed by atoms with E-state index in [1.54, 1.807) is 0 Å². The number of rotatable bonds is 3. The SMILES string of the molecule is COc1c([N+](=O)[O-])cc(N)c(C)c1[N+](=O)[O-]. The number of nitrogens with two attached hydrogens (primary N) is 1. The van der Waals surface area contributed by atoms with E-state index in [9.17, 15) is 20.2 Å². The lowest BCUT2D eigenvalue weighted by molar-refractivity contribution is -0.396. The zero-order valence-corrected chi connectivity index (χ0v) is 8.59. The third-order valence-corrected chi connectivity index (χ3v) is 2.11. The molecule has 8 nitrogen and oxygen atoms in total. The highest BCUT2D eigenvalue weighted by Crippen LogP contribution is 2.41. The molecule has 86 valence electrons. The van der Waals surface area contributed by atoms with Crippen LogP contribution in [0.5, 0.6) is 5.75 Å². The molecule has 0 aliphatic heterocycles. The molecule has 0 aliphatic carbocycles. The van der Waals surface area contributed by atoms with Crippen LogP contribution in [0.25, 0.3) is 0 Å². The second-order valence-corrected chi connectivity index (χ2v) is 3.01. The molecule has 0 fully saturated rings. The molecule has 2 N–H and O–H groups in total. The summed E-state index contributed by atoms with van der Waals surface area (Å²) in [7, 11) is 1.13. The number of ether oxygens (including phenoxy) is 1. The van der Waals surface area contributed by atoms with Gasteiger partial charge in [-0.2, -0.15) is 0 Å². The molecular weight excluding hydrogens is 218 g/mol. The standard InChI is InChI=1S/C8H9N3O5/c1-4-5(9)3-6(10(12)13)8(16-2)7(4)11(14)15/h3H,9H2,1-2H3. The zero-order valence-electron chi connectivity index (χ0n) is 8.59. The number of nitro benzene ring substituents is 2. The molecule has 0 spiro atoms. The van der Waals surface area contributed by atoms with Gasteiger partial charge in [0.2, 0.25) is 0 Å². The molecule has 0 aliphatic rings. The summed E-state index contributed by atoms with van der Waals surface area (Å²) in [6, 6.07) is 1.04. The lowest BCUT2D eigenvalue weighted by Gasteiger charge is -2.07. The zero-order chi connectivity index (χ0) is 12.5. The lowest BCUT2D eigenvalue weighted by atomic mass is 10.1. The Labute approximate surface area is 89.9 Å². The van der Waals surface area contributed by atoms with Gasteiger partial charge in [0, 0.05) is 11.8 Å². The summed E-state index contributed by atoms with van der Waals surface area (Å²) >= 11 is 0. The molecule has 8 heteroatoms. The van der Waals surface area contributed by atoms with Crippen LogP contribution in [0.2, 0.25) is 0 Å². The van der Waals surface area contributed by atoms with E-state index in [1.807, 2.05) is 0 Å². The average molecular weight is 227 g/mol. The van der Waals surface area contributed by atoms with Crippen molar-refractivity contribution in [3.05, 3.63) is 31.9 Å². The molecule has 0 unspecified atom stereocenters. The third kappa shape index (κ3) is 1.72. The van der Waals surface area contributed by atoms with Gasteiger partial charge in [0.05, 0.1) is 22.5 Å². The van der Waals surface area contributed by atoms with E-state index in [0.717, 1.165) is 13.2 Å². The lowest BCUT2D eigenvalue weighted by Crippen LogP contribution is -2.03. The van der Waals surface area contributed by atoms with Gasteiger partial charge in [-0.05, 0) is 6.92 Å². The van der Waals surface area contributed by atoms with Crippen molar-refractivity contribution in [3.63, 3.8) is 0 Å². The quantitative estimate of drug-likeness (QED) is 0.473. The Morgan fingerprint density at radius 1 is 1.31 bits per heavy atom. The average Bonchev–Trinajstić information content (AvgIpc) is 2.20. The predicted octanol–water partition coefficient (Wildman–Crippen LogP) is 1.40. The van der Waals surface area contributed by atoms with Crippen molar-refractivity contribution in [1.29, 1.82) is 0 Å². The van der Waals surface area contributed by atoms with Crippen LogP contribution in [-0.4, -0.2) is 17.0 Å². The molecule has 1 rings (SSSR count). The summed E-state index contributed by atoms with van der Waals surface area (Å²) in [6.07, 6.45) is 0. The van der Waals surface area contributed by atoms with Crippen molar-refractivity contribution in [1.82, 2.24) is 0 Å². The maximum atomic E-state index is 10.8. The number of methoxy groups -OCH3 is 1. The van der Waals surface area contributed by atoms with E-state index in [-0.39, 0.29) is 17.0 Å². The topological polar surface area (TPSA) is 122 Å². The summed E-state index contributed by atoms with van der Waals surface area (Å²) in [5.74, 6) is -0.387. The van der Waals surface area contributed by atoms with E-state index in [0.29, 0.717) is 0 Å². The minimum atomic E-state index is -0.776. The second kappa shape index (κ2) is 4.01. The summed E-state index contributed by atoms with van der Waals surface area (Å²) in [4.78, 5) is 19.9. The Hall–Kier alpha value is -2.38. The van der Waals surface area contributed by atoms with Gasteiger partial charge in [0.15, 0.2) is 0 Å². The van der Waals surface area contributed by atoms with Crippen LogP contribution in [0.1, 0.15) is 5.56 Å². The molecule has 0 atom stereocenters. The van der Waals surface area contributed by atoms with Crippen molar-refractivity contribution in [2.24, 2.45) is 0 Å². The number of nitrogens with zero attached hydrogens (tertiary/aromatic N) is 2. The third-order valence-electron chi connectivity index (χ3n) is 2.11. The monoisotopic (exact) mass is 227 g/mol. The van der Waals surface area contributed by atoms with E-state index in [2.05, 4.69) is 0 Å². The minimum absolute atomic E-state index is 0.0146. The fraction of sp³-hybridized carbons (Fsp3) is 0.250. The van der Waals surface area contributed by atoms with Gasteiger partial charge in [-0.3, -0.25) is 20.2 Å². The van der Waals surface area contributed by atoms with Crippen LogP contribution in [0, 0.1) is 27.2 Å². The number of benzene rings is 1.